The van der Waals surface area contributed by atoms with Gasteiger partial charge in [0.05, 0.1) is 18.8 Å². The standard InChI is InChI=1S/C67H129NO3/c1-3-5-7-9-11-13-15-17-19-21-23-25-26-27-28-29-30-31-32-33-34-35-36-37-38-39-40-41-42-43-45-47-49-51-53-55-57-59-61-63-67(71)68-65(64-69)66(70)62-60-58-56-54-52-50-48-46-44-24-22-20-18-16-14-12-10-8-6-4-2/h44,46,52,54,60,62,65-66,69-70H,3-43,45,47-51,53,55-59,61,63-64H2,1-2H3,(H,68,71)/b46-44+,54-52+,62-60+. The molecule has 420 valence electrons. The molecule has 0 bridgehead atoms. The first-order valence-corrected chi connectivity index (χ1v) is 32.7. The van der Waals surface area contributed by atoms with Crippen LogP contribution < -0.4 is 5.32 Å². The van der Waals surface area contributed by atoms with Gasteiger partial charge in [-0.25, -0.2) is 0 Å². The number of allylic oxidation sites excluding steroid dienone is 5. The van der Waals surface area contributed by atoms with Crippen LogP contribution in [0.5, 0.6) is 0 Å². The molecule has 1 amide bonds. The predicted molar refractivity (Wildman–Crippen MR) is 318 cm³/mol. The molecule has 2 atom stereocenters. The number of amides is 1. The van der Waals surface area contributed by atoms with Crippen molar-refractivity contribution in [3.8, 4) is 0 Å². The third-order valence-electron chi connectivity index (χ3n) is 15.4. The van der Waals surface area contributed by atoms with Gasteiger partial charge in [-0.3, -0.25) is 4.79 Å². The monoisotopic (exact) mass is 996 g/mol. The summed E-state index contributed by atoms with van der Waals surface area (Å²) in [5.74, 6) is -0.0708. The minimum absolute atomic E-state index is 0.0708. The molecule has 71 heavy (non-hydrogen) atoms. The number of aliphatic hydroxyl groups is 2. The first kappa shape index (κ1) is 69.6. The van der Waals surface area contributed by atoms with Crippen molar-refractivity contribution in [1.29, 1.82) is 0 Å². The Morgan fingerprint density at radius 2 is 0.549 bits per heavy atom. The maximum atomic E-state index is 12.5. The molecule has 0 aliphatic rings. The van der Waals surface area contributed by atoms with Gasteiger partial charge in [0.1, 0.15) is 0 Å². The highest BCUT2D eigenvalue weighted by Crippen LogP contribution is 2.19. The molecule has 0 rings (SSSR count). The lowest BCUT2D eigenvalue weighted by Gasteiger charge is -2.19. The molecule has 0 aliphatic heterocycles. The molecule has 0 spiro atoms. The van der Waals surface area contributed by atoms with Crippen LogP contribution in [-0.4, -0.2) is 34.9 Å². The Balaban J connectivity index is 3.41. The van der Waals surface area contributed by atoms with Gasteiger partial charge in [0.2, 0.25) is 5.91 Å². The highest BCUT2D eigenvalue weighted by atomic mass is 16.3. The van der Waals surface area contributed by atoms with Crippen LogP contribution in [0.4, 0.5) is 0 Å². The lowest BCUT2D eigenvalue weighted by molar-refractivity contribution is -0.123. The van der Waals surface area contributed by atoms with Crippen LogP contribution >= 0.6 is 0 Å². The Hall–Kier alpha value is -1.39. The first-order valence-electron chi connectivity index (χ1n) is 32.7. The summed E-state index contributed by atoms with van der Waals surface area (Å²) in [5.41, 5.74) is 0. The van der Waals surface area contributed by atoms with Crippen LogP contribution in [0.1, 0.15) is 367 Å². The minimum Gasteiger partial charge on any atom is -0.394 e. The van der Waals surface area contributed by atoms with Gasteiger partial charge in [-0.05, 0) is 44.9 Å². The molecule has 0 heterocycles. The lowest BCUT2D eigenvalue weighted by atomic mass is 10.0. The largest absolute Gasteiger partial charge is 0.394 e. The summed E-state index contributed by atoms with van der Waals surface area (Å²) in [7, 11) is 0. The lowest BCUT2D eigenvalue weighted by Crippen LogP contribution is -2.45. The van der Waals surface area contributed by atoms with Crippen LogP contribution in [0, 0.1) is 0 Å². The zero-order valence-electron chi connectivity index (χ0n) is 48.5. The van der Waals surface area contributed by atoms with Crippen molar-refractivity contribution in [3.63, 3.8) is 0 Å². The Morgan fingerprint density at radius 1 is 0.324 bits per heavy atom. The van der Waals surface area contributed by atoms with Gasteiger partial charge in [-0.15, -0.1) is 0 Å². The van der Waals surface area contributed by atoms with E-state index in [1.165, 1.54) is 308 Å². The molecular weight excluding hydrogens is 867 g/mol. The Morgan fingerprint density at radius 3 is 0.817 bits per heavy atom. The first-order chi connectivity index (χ1) is 35.2. The molecule has 4 nitrogen and oxygen atoms in total. The number of rotatable bonds is 61. The van der Waals surface area contributed by atoms with E-state index in [0.717, 1.165) is 38.5 Å². The molecule has 0 aromatic carbocycles. The molecule has 0 aliphatic carbocycles. The molecule has 0 saturated heterocycles. The molecule has 0 aromatic rings. The molecule has 0 aromatic heterocycles. The van der Waals surface area contributed by atoms with Gasteiger partial charge in [0, 0.05) is 6.42 Å². The van der Waals surface area contributed by atoms with E-state index in [2.05, 4.69) is 43.5 Å². The van der Waals surface area contributed by atoms with Gasteiger partial charge in [-0.1, -0.05) is 352 Å². The van der Waals surface area contributed by atoms with E-state index in [-0.39, 0.29) is 12.5 Å². The SMILES string of the molecule is CCCCCCCCCCCC/C=C/CC/C=C/CC/C=C/C(O)C(CO)NC(=O)CCCCCCCCCCCCCCCCCCCCCCCCCCCCCCCCCCCCCCCCC. The predicted octanol–water partition coefficient (Wildman–Crippen LogP) is 22.0. The topological polar surface area (TPSA) is 69.6 Å². The van der Waals surface area contributed by atoms with E-state index in [0.29, 0.717) is 6.42 Å². The van der Waals surface area contributed by atoms with Gasteiger partial charge in [0.25, 0.3) is 0 Å². The summed E-state index contributed by atoms with van der Waals surface area (Å²) in [5, 5.41) is 23.2. The molecule has 0 fully saturated rings. The van der Waals surface area contributed by atoms with E-state index in [9.17, 15) is 15.0 Å². The van der Waals surface area contributed by atoms with Gasteiger partial charge in [-0.2, -0.15) is 0 Å². The van der Waals surface area contributed by atoms with Gasteiger partial charge < -0.3 is 15.5 Å². The van der Waals surface area contributed by atoms with Crippen LogP contribution in [0.15, 0.2) is 36.5 Å². The number of hydrogen-bond acceptors (Lipinski definition) is 3. The highest BCUT2D eigenvalue weighted by Gasteiger charge is 2.18. The summed E-state index contributed by atoms with van der Waals surface area (Å²) in [6, 6.07) is -0.644. The van der Waals surface area contributed by atoms with Crippen molar-refractivity contribution < 1.29 is 15.0 Å². The van der Waals surface area contributed by atoms with E-state index in [4.69, 9.17) is 0 Å². The molecule has 3 N–H and O–H groups in total. The second-order valence-corrected chi connectivity index (χ2v) is 22.5. The fourth-order valence-electron chi connectivity index (χ4n) is 10.4. The molecule has 4 heteroatoms. The Labute approximate surface area is 446 Å². The molecule has 0 radical (unpaired) electrons. The number of nitrogens with one attached hydrogen (secondary N) is 1. The average molecular weight is 997 g/mol. The zero-order chi connectivity index (χ0) is 51.3. The highest BCUT2D eigenvalue weighted by molar-refractivity contribution is 5.76. The normalized spacial score (nSPS) is 12.9. The number of aliphatic hydroxyl groups excluding tert-OH is 2. The van der Waals surface area contributed by atoms with Gasteiger partial charge in [0.15, 0.2) is 0 Å². The van der Waals surface area contributed by atoms with Crippen molar-refractivity contribution in [1.82, 2.24) is 5.32 Å². The van der Waals surface area contributed by atoms with Crippen LogP contribution in [0.25, 0.3) is 0 Å². The zero-order valence-corrected chi connectivity index (χ0v) is 48.5. The second-order valence-electron chi connectivity index (χ2n) is 22.5. The molecule has 2 unspecified atom stereocenters. The quantitative estimate of drug-likeness (QED) is 0.0420. The fourth-order valence-corrected chi connectivity index (χ4v) is 10.4. The van der Waals surface area contributed by atoms with Crippen LogP contribution in [0.3, 0.4) is 0 Å². The minimum atomic E-state index is -0.869. The average Bonchev–Trinajstić information content (AvgIpc) is 3.37. The van der Waals surface area contributed by atoms with Crippen molar-refractivity contribution >= 4 is 5.91 Å². The van der Waals surface area contributed by atoms with E-state index < -0.39 is 12.1 Å². The summed E-state index contributed by atoms with van der Waals surface area (Å²) in [6.07, 6.45) is 86.6. The summed E-state index contributed by atoms with van der Waals surface area (Å²) in [6.45, 7) is 4.33. The summed E-state index contributed by atoms with van der Waals surface area (Å²) >= 11 is 0. The number of hydrogen-bond donors (Lipinski definition) is 3. The molecular formula is C67H129NO3. The van der Waals surface area contributed by atoms with Crippen molar-refractivity contribution in [2.45, 2.75) is 379 Å². The van der Waals surface area contributed by atoms with Crippen molar-refractivity contribution in [2.24, 2.45) is 0 Å². The summed E-state index contributed by atoms with van der Waals surface area (Å²) < 4.78 is 0. The fraction of sp³-hybridized carbons (Fsp3) is 0.896. The number of unbranched alkanes of at least 4 members (excludes halogenated alkanes) is 50. The third-order valence-corrected chi connectivity index (χ3v) is 15.4. The van der Waals surface area contributed by atoms with Crippen molar-refractivity contribution in [3.05, 3.63) is 36.5 Å². The summed E-state index contributed by atoms with van der Waals surface area (Å²) in [4.78, 5) is 12.5. The van der Waals surface area contributed by atoms with Crippen molar-refractivity contribution in [2.75, 3.05) is 6.61 Å². The maximum absolute atomic E-state index is 12.5. The van der Waals surface area contributed by atoms with Gasteiger partial charge >= 0.3 is 0 Å². The van der Waals surface area contributed by atoms with E-state index in [1.807, 2.05) is 6.08 Å². The Bertz CT molecular complexity index is 1080. The van der Waals surface area contributed by atoms with Crippen LogP contribution in [0.2, 0.25) is 0 Å². The smallest absolute Gasteiger partial charge is 0.220 e. The molecule has 0 saturated carbocycles. The maximum Gasteiger partial charge on any atom is 0.220 e. The number of carbonyl (C=O) groups is 1. The Kier molecular flexibility index (Phi) is 61.7. The third kappa shape index (κ3) is 59.4. The second kappa shape index (κ2) is 62.9. The van der Waals surface area contributed by atoms with E-state index in [1.54, 1.807) is 6.08 Å². The van der Waals surface area contributed by atoms with E-state index >= 15 is 0 Å². The van der Waals surface area contributed by atoms with Crippen LogP contribution in [-0.2, 0) is 4.79 Å². The number of carbonyl (C=O) groups excluding carboxylic acids is 1.